The fourth-order valence-electron chi connectivity index (χ4n) is 3.91. The first-order valence-corrected chi connectivity index (χ1v) is 11.1. The van der Waals surface area contributed by atoms with Crippen molar-refractivity contribution in [3.05, 3.63) is 65.2 Å². The molecule has 1 aliphatic rings. The third-order valence-corrected chi connectivity index (χ3v) is 6.52. The Bertz CT molecular complexity index is 992. The van der Waals surface area contributed by atoms with Gasteiger partial charge in [-0.25, -0.2) is 4.98 Å². The first-order valence-electron chi connectivity index (χ1n) is 10.2. The fourth-order valence-corrected chi connectivity index (χ4v) is 4.74. The summed E-state index contributed by atoms with van der Waals surface area (Å²) in [7, 11) is 3.33. The van der Waals surface area contributed by atoms with E-state index in [1.807, 2.05) is 46.7 Å². The van der Waals surface area contributed by atoms with Crippen LogP contribution in [0.1, 0.15) is 28.9 Å². The number of methoxy groups -OCH3 is 2. The maximum absolute atomic E-state index is 13.0. The summed E-state index contributed by atoms with van der Waals surface area (Å²) >= 11 is 1.48. The van der Waals surface area contributed by atoms with Crippen LogP contribution >= 0.6 is 11.3 Å². The van der Waals surface area contributed by atoms with Gasteiger partial charge in [-0.3, -0.25) is 4.79 Å². The molecule has 1 fully saturated rings. The maximum Gasteiger partial charge on any atom is 0.273 e. The van der Waals surface area contributed by atoms with Gasteiger partial charge in [0.05, 0.1) is 19.8 Å². The standard InChI is InChI=1S/C24H26N2O3S/c1-28-19-9-7-17(8-10-19)15-18-11-13-26(14-12-18)24(27)21-16-30-23(25-21)20-5-3-4-6-22(20)29-2/h3-10,16,18H,11-15H2,1-2H3. The third kappa shape index (κ3) is 4.49. The molecule has 4 rings (SSSR count). The number of aromatic nitrogens is 1. The van der Waals surface area contributed by atoms with Crippen LogP contribution in [0.15, 0.2) is 53.9 Å². The Morgan fingerprint density at radius 2 is 1.80 bits per heavy atom. The van der Waals surface area contributed by atoms with E-state index in [1.165, 1.54) is 16.9 Å². The summed E-state index contributed by atoms with van der Waals surface area (Å²) in [5.41, 5.74) is 2.76. The third-order valence-electron chi connectivity index (χ3n) is 5.65. The molecular formula is C24H26N2O3S. The van der Waals surface area contributed by atoms with E-state index in [0.717, 1.165) is 54.4 Å². The summed E-state index contributed by atoms with van der Waals surface area (Å²) in [6.45, 7) is 1.56. The molecule has 3 aromatic rings. The van der Waals surface area contributed by atoms with Crippen LogP contribution < -0.4 is 9.47 Å². The molecule has 156 valence electrons. The Labute approximate surface area is 181 Å². The summed E-state index contributed by atoms with van der Waals surface area (Å²) in [5.74, 6) is 2.28. The molecule has 0 bridgehead atoms. The predicted octanol–water partition coefficient (Wildman–Crippen LogP) is 4.92. The number of hydrogen-bond acceptors (Lipinski definition) is 5. The number of carbonyl (C=O) groups excluding carboxylic acids is 1. The number of benzene rings is 2. The molecule has 0 radical (unpaired) electrons. The molecule has 0 atom stereocenters. The van der Waals surface area contributed by atoms with E-state index in [2.05, 4.69) is 17.1 Å². The van der Waals surface area contributed by atoms with Crippen LogP contribution in [0.25, 0.3) is 10.6 Å². The monoisotopic (exact) mass is 422 g/mol. The first kappa shape index (κ1) is 20.4. The Morgan fingerprint density at radius 3 is 2.50 bits per heavy atom. The van der Waals surface area contributed by atoms with Crippen LogP contribution in [-0.2, 0) is 6.42 Å². The van der Waals surface area contributed by atoms with Crippen LogP contribution in [-0.4, -0.2) is 43.1 Å². The normalized spacial score (nSPS) is 14.5. The zero-order valence-corrected chi connectivity index (χ0v) is 18.2. The number of carbonyl (C=O) groups is 1. The van der Waals surface area contributed by atoms with Gasteiger partial charge >= 0.3 is 0 Å². The molecule has 5 nitrogen and oxygen atoms in total. The number of hydrogen-bond donors (Lipinski definition) is 0. The predicted molar refractivity (Wildman–Crippen MR) is 119 cm³/mol. The average molecular weight is 423 g/mol. The number of nitrogens with zero attached hydrogens (tertiary/aromatic N) is 2. The van der Waals surface area contributed by atoms with Gasteiger partial charge in [0.2, 0.25) is 0 Å². The average Bonchev–Trinajstić information content (AvgIpc) is 3.30. The highest BCUT2D eigenvalue weighted by Crippen LogP contribution is 2.32. The number of para-hydroxylation sites is 1. The number of rotatable bonds is 6. The largest absolute Gasteiger partial charge is 0.497 e. The van der Waals surface area contributed by atoms with E-state index in [9.17, 15) is 4.79 Å². The molecule has 30 heavy (non-hydrogen) atoms. The van der Waals surface area contributed by atoms with Gasteiger partial charge in [-0.1, -0.05) is 24.3 Å². The highest BCUT2D eigenvalue weighted by atomic mass is 32.1. The smallest absolute Gasteiger partial charge is 0.273 e. The van der Waals surface area contributed by atoms with Gasteiger partial charge in [-0.15, -0.1) is 11.3 Å². The molecule has 1 aliphatic heterocycles. The second-order valence-corrected chi connectivity index (χ2v) is 8.38. The van der Waals surface area contributed by atoms with E-state index < -0.39 is 0 Å². The molecule has 6 heteroatoms. The molecule has 0 aliphatic carbocycles. The molecule has 2 heterocycles. The lowest BCUT2D eigenvalue weighted by molar-refractivity contribution is 0.0685. The van der Waals surface area contributed by atoms with Gasteiger partial charge < -0.3 is 14.4 Å². The summed E-state index contributed by atoms with van der Waals surface area (Å²) in [6, 6.07) is 16.0. The molecule has 2 aromatic carbocycles. The van der Waals surface area contributed by atoms with Crippen molar-refractivity contribution < 1.29 is 14.3 Å². The zero-order chi connectivity index (χ0) is 20.9. The van der Waals surface area contributed by atoms with Crippen LogP contribution in [0.3, 0.4) is 0 Å². The van der Waals surface area contributed by atoms with Crippen molar-refractivity contribution in [2.45, 2.75) is 19.3 Å². The molecule has 0 spiro atoms. The molecule has 0 unspecified atom stereocenters. The van der Waals surface area contributed by atoms with Crippen LogP contribution in [0, 0.1) is 5.92 Å². The lowest BCUT2D eigenvalue weighted by Gasteiger charge is -2.31. The highest BCUT2D eigenvalue weighted by Gasteiger charge is 2.25. The number of ether oxygens (including phenoxy) is 2. The van der Waals surface area contributed by atoms with Crippen molar-refractivity contribution in [3.8, 4) is 22.1 Å². The topological polar surface area (TPSA) is 51.7 Å². The van der Waals surface area contributed by atoms with Crippen molar-refractivity contribution in [2.24, 2.45) is 5.92 Å². The number of likely N-dealkylation sites (tertiary alicyclic amines) is 1. The summed E-state index contributed by atoms with van der Waals surface area (Å²) in [6.07, 6.45) is 3.07. The minimum absolute atomic E-state index is 0.0234. The minimum Gasteiger partial charge on any atom is -0.497 e. The quantitative estimate of drug-likeness (QED) is 0.566. The van der Waals surface area contributed by atoms with Crippen LogP contribution in [0.5, 0.6) is 11.5 Å². The Hall–Kier alpha value is -2.86. The van der Waals surface area contributed by atoms with Crippen molar-refractivity contribution in [1.29, 1.82) is 0 Å². The first-order chi connectivity index (χ1) is 14.7. The highest BCUT2D eigenvalue weighted by molar-refractivity contribution is 7.13. The summed E-state index contributed by atoms with van der Waals surface area (Å²) < 4.78 is 10.7. The minimum atomic E-state index is 0.0234. The van der Waals surface area contributed by atoms with Gasteiger partial charge in [0.25, 0.3) is 5.91 Å². The van der Waals surface area contributed by atoms with Crippen LogP contribution in [0.4, 0.5) is 0 Å². The molecule has 1 amide bonds. The van der Waals surface area contributed by atoms with Gasteiger partial charge in [0, 0.05) is 18.5 Å². The molecule has 0 saturated carbocycles. The molecule has 0 N–H and O–H groups in total. The Kier molecular flexibility index (Phi) is 6.33. The van der Waals surface area contributed by atoms with E-state index in [1.54, 1.807) is 14.2 Å². The number of thiazole rings is 1. The molecule has 1 saturated heterocycles. The zero-order valence-electron chi connectivity index (χ0n) is 17.3. The summed E-state index contributed by atoms with van der Waals surface area (Å²) in [4.78, 5) is 19.5. The van der Waals surface area contributed by atoms with Gasteiger partial charge in [0.1, 0.15) is 22.2 Å². The maximum atomic E-state index is 13.0. The van der Waals surface area contributed by atoms with Crippen molar-refractivity contribution in [3.63, 3.8) is 0 Å². The van der Waals surface area contributed by atoms with E-state index in [4.69, 9.17) is 9.47 Å². The van der Waals surface area contributed by atoms with Gasteiger partial charge in [-0.2, -0.15) is 0 Å². The van der Waals surface area contributed by atoms with Crippen LogP contribution in [0.2, 0.25) is 0 Å². The number of piperidine rings is 1. The van der Waals surface area contributed by atoms with Crippen molar-refractivity contribution >= 4 is 17.2 Å². The second kappa shape index (κ2) is 9.30. The van der Waals surface area contributed by atoms with Gasteiger partial charge in [0.15, 0.2) is 0 Å². The lowest BCUT2D eigenvalue weighted by Crippen LogP contribution is -2.39. The SMILES string of the molecule is COc1ccc(CC2CCN(C(=O)c3csc(-c4ccccc4OC)n3)CC2)cc1. The Morgan fingerprint density at radius 1 is 1.07 bits per heavy atom. The van der Waals surface area contributed by atoms with Crippen molar-refractivity contribution in [1.82, 2.24) is 9.88 Å². The van der Waals surface area contributed by atoms with E-state index >= 15 is 0 Å². The molecule has 1 aromatic heterocycles. The lowest BCUT2D eigenvalue weighted by atomic mass is 9.90. The summed E-state index contributed by atoms with van der Waals surface area (Å²) in [5, 5.41) is 2.67. The second-order valence-electron chi connectivity index (χ2n) is 7.53. The fraction of sp³-hybridized carbons (Fsp3) is 0.333. The van der Waals surface area contributed by atoms with Gasteiger partial charge in [-0.05, 0) is 55.0 Å². The van der Waals surface area contributed by atoms with E-state index in [0.29, 0.717) is 11.6 Å². The Balaban J connectivity index is 1.36. The van der Waals surface area contributed by atoms with E-state index in [-0.39, 0.29) is 5.91 Å². The molecular weight excluding hydrogens is 396 g/mol. The number of amides is 1. The van der Waals surface area contributed by atoms with Crippen molar-refractivity contribution in [2.75, 3.05) is 27.3 Å².